The number of hydrogen-bond donors (Lipinski definition) is 1. The summed E-state index contributed by atoms with van der Waals surface area (Å²) in [6.07, 6.45) is 1.80. The lowest BCUT2D eigenvalue weighted by Gasteiger charge is -2.18. The highest BCUT2D eigenvalue weighted by molar-refractivity contribution is 8.00. The second-order valence-electron chi connectivity index (χ2n) is 8.20. The standard InChI is InChI=1S/C24H27N3O5S/c1-13-19(23(30)31-4)14(2)25-20(13)21(28)15(3)33-24-26-18-10-6-5-9-17(18)22(29)27(24)12-16-8-7-11-32-16/h5-6,9-10,15-16,25H,7-8,11-12H2,1-4H3. The van der Waals surface area contributed by atoms with E-state index in [-0.39, 0.29) is 17.4 Å². The fourth-order valence-corrected chi connectivity index (χ4v) is 5.19. The maximum Gasteiger partial charge on any atom is 0.339 e. The maximum absolute atomic E-state index is 13.3. The van der Waals surface area contributed by atoms with Gasteiger partial charge in [0.1, 0.15) is 0 Å². The van der Waals surface area contributed by atoms with Gasteiger partial charge in [-0.25, -0.2) is 9.78 Å². The number of aromatic amines is 1. The molecule has 1 aliphatic heterocycles. The van der Waals surface area contributed by atoms with Crippen molar-refractivity contribution in [1.82, 2.24) is 14.5 Å². The number of thioether (sulfide) groups is 1. The number of hydrogen-bond acceptors (Lipinski definition) is 7. The van der Waals surface area contributed by atoms with Crippen LogP contribution in [0.2, 0.25) is 0 Å². The maximum atomic E-state index is 13.3. The summed E-state index contributed by atoms with van der Waals surface area (Å²) < 4.78 is 12.2. The summed E-state index contributed by atoms with van der Waals surface area (Å²) in [7, 11) is 1.31. The Bertz CT molecular complexity index is 1270. The number of aromatic nitrogens is 3. The van der Waals surface area contributed by atoms with E-state index in [1.54, 1.807) is 37.5 Å². The molecule has 33 heavy (non-hydrogen) atoms. The van der Waals surface area contributed by atoms with Crippen molar-refractivity contribution in [2.75, 3.05) is 13.7 Å². The van der Waals surface area contributed by atoms with Crippen LogP contribution in [0.5, 0.6) is 0 Å². The summed E-state index contributed by atoms with van der Waals surface area (Å²) in [5.74, 6) is -0.663. The summed E-state index contributed by atoms with van der Waals surface area (Å²) >= 11 is 1.23. The van der Waals surface area contributed by atoms with Crippen LogP contribution in [0.15, 0.2) is 34.2 Å². The van der Waals surface area contributed by atoms with Crippen LogP contribution in [-0.4, -0.2) is 51.4 Å². The number of esters is 1. The number of carbonyl (C=O) groups is 2. The summed E-state index contributed by atoms with van der Waals surface area (Å²) in [5, 5.41) is 0.470. The SMILES string of the molecule is COC(=O)c1c(C)[nH]c(C(=O)C(C)Sc2nc3ccccc3c(=O)n2CC2CCCO2)c1C. The van der Waals surface area contributed by atoms with E-state index in [9.17, 15) is 14.4 Å². The van der Waals surface area contributed by atoms with Gasteiger partial charge in [-0.2, -0.15) is 0 Å². The molecule has 2 atom stereocenters. The van der Waals surface area contributed by atoms with Crippen LogP contribution in [0.4, 0.5) is 0 Å². The van der Waals surface area contributed by atoms with Gasteiger partial charge in [0.2, 0.25) is 0 Å². The Hall–Kier alpha value is -2.91. The summed E-state index contributed by atoms with van der Waals surface area (Å²) in [5.41, 5.74) is 2.32. The first-order valence-electron chi connectivity index (χ1n) is 10.9. The summed E-state index contributed by atoms with van der Waals surface area (Å²) in [6.45, 7) is 6.32. The minimum Gasteiger partial charge on any atom is -0.465 e. The number of aryl methyl sites for hydroxylation is 1. The zero-order chi connectivity index (χ0) is 23.7. The van der Waals surface area contributed by atoms with Crippen molar-refractivity contribution in [3.63, 3.8) is 0 Å². The number of fused-ring (bicyclic) bond motifs is 1. The third-order valence-corrected chi connectivity index (χ3v) is 7.05. The Morgan fingerprint density at radius 3 is 2.79 bits per heavy atom. The van der Waals surface area contributed by atoms with E-state index in [1.807, 2.05) is 12.1 Å². The highest BCUT2D eigenvalue weighted by atomic mass is 32.2. The molecule has 0 aliphatic carbocycles. The van der Waals surface area contributed by atoms with Gasteiger partial charge in [0.25, 0.3) is 5.56 Å². The molecule has 0 amide bonds. The molecule has 1 aliphatic rings. The highest BCUT2D eigenvalue weighted by Gasteiger charge is 2.28. The van der Waals surface area contributed by atoms with E-state index in [4.69, 9.17) is 14.5 Å². The van der Waals surface area contributed by atoms with Crippen molar-refractivity contribution in [2.24, 2.45) is 0 Å². The third-order valence-electron chi connectivity index (χ3n) is 5.96. The molecule has 3 heterocycles. The first-order valence-corrected chi connectivity index (χ1v) is 11.8. The van der Waals surface area contributed by atoms with Crippen molar-refractivity contribution in [1.29, 1.82) is 0 Å². The monoisotopic (exact) mass is 469 g/mol. The number of para-hydroxylation sites is 1. The van der Waals surface area contributed by atoms with Gasteiger partial charge in [0.15, 0.2) is 10.9 Å². The molecule has 1 aromatic carbocycles. The number of nitrogens with one attached hydrogen (secondary N) is 1. The van der Waals surface area contributed by atoms with Gasteiger partial charge < -0.3 is 14.5 Å². The molecular weight excluding hydrogens is 442 g/mol. The number of methoxy groups -OCH3 is 1. The Morgan fingerprint density at radius 1 is 1.33 bits per heavy atom. The predicted octanol–water partition coefficient (Wildman–Crippen LogP) is 3.67. The number of H-pyrrole nitrogens is 1. The van der Waals surface area contributed by atoms with Crippen molar-refractivity contribution in [3.05, 3.63) is 57.1 Å². The molecule has 4 rings (SSSR count). The molecule has 1 fully saturated rings. The lowest BCUT2D eigenvalue weighted by atomic mass is 10.1. The normalized spacial score (nSPS) is 16.8. The van der Waals surface area contributed by atoms with Gasteiger partial charge in [-0.3, -0.25) is 14.2 Å². The minimum atomic E-state index is -0.545. The first kappa shape index (κ1) is 23.3. The number of benzene rings is 1. The quantitative estimate of drug-likeness (QED) is 0.244. The second kappa shape index (κ2) is 9.52. The van der Waals surface area contributed by atoms with E-state index < -0.39 is 11.2 Å². The van der Waals surface area contributed by atoms with Crippen LogP contribution in [-0.2, 0) is 16.0 Å². The lowest BCUT2D eigenvalue weighted by molar-refractivity contribution is 0.0599. The predicted molar refractivity (Wildman–Crippen MR) is 126 cm³/mol. The van der Waals surface area contributed by atoms with Crippen molar-refractivity contribution in [2.45, 2.75) is 56.7 Å². The van der Waals surface area contributed by atoms with E-state index in [0.717, 1.165) is 12.8 Å². The van der Waals surface area contributed by atoms with Crippen LogP contribution in [0, 0.1) is 13.8 Å². The third kappa shape index (κ3) is 4.47. The van der Waals surface area contributed by atoms with Crippen molar-refractivity contribution >= 4 is 34.4 Å². The van der Waals surface area contributed by atoms with Gasteiger partial charge in [0, 0.05) is 12.3 Å². The Kier molecular flexibility index (Phi) is 6.71. The van der Waals surface area contributed by atoms with E-state index in [2.05, 4.69) is 4.98 Å². The van der Waals surface area contributed by atoms with E-state index >= 15 is 0 Å². The fraction of sp³-hybridized carbons (Fsp3) is 0.417. The summed E-state index contributed by atoms with van der Waals surface area (Å²) in [6, 6.07) is 7.21. The van der Waals surface area contributed by atoms with Crippen molar-refractivity contribution in [3.8, 4) is 0 Å². The average molecular weight is 470 g/mol. The molecule has 0 saturated carbocycles. The largest absolute Gasteiger partial charge is 0.465 e. The van der Waals surface area contributed by atoms with Gasteiger partial charge in [-0.1, -0.05) is 23.9 Å². The van der Waals surface area contributed by atoms with E-state index in [0.29, 0.717) is 51.7 Å². The van der Waals surface area contributed by atoms with Crippen molar-refractivity contribution < 1.29 is 19.1 Å². The van der Waals surface area contributed by atoms with E-state index in [1.165, 1.54) is 18.9 Å². The molecule has 0 radical (unpaired) electrons. The number of ketones is 1. The molecule has 0 spiro atoms. The Morgan fingerprint density at radius 2 is 2.09 bits per heavy atom. The molecule has 1 N–H and O–H groups in total. The molecule has 8 nitrogen and oxygen atoms in total. The molecule has 2 aromatic heterocycles. The molecule has 1 saturated heterocycles. The van der Waals surface area contributed by atoms with Crippen LogP contribution < -0.4 is 5.56 Å². The number of carbonyl (C=O) groups excluding carboxylic acids is 2. The van der Waals surface area contributed by atoms with Gasteiger partial charge >= 0.3 is 5.97 Å². The van der Waals surface area contributed by atoms with Crippen LogP contribution >= 0.6 is 11.8 Å². The smallest absolute Gasteiger partial charge is 0.339 e. The first-order chi connectivity index (χ1) is 15.8. The molecule has 0 bridgehead atoms. The van der Waals surface area contributed by atoms with Crippen LogP contribution in [0.25, 0.3) is 10.9 Å². The zero-order valence-electron chi connectivity index (χ0n) is 19.1. The van der Waals surface area contributed by atoms with Gasteiger partial charge in [-0.15, -0.1) is 0 Å². The Balaban J connectivity index is 1.68. The van der Waals surface area contributed by atoms with Gasteiger partial charge in [0.05, 0.1) is 47.2 Å². The number of Topliss-reactive ketones (excluding diaryl/α,β-unsaturated/α-hetero) is 1. The highest BCUT2D eigenvalue weighted by Crippen LogP contribution is 2.28. The summed E-state index contributed by atoms with van der Waals surface area (Å²) in [4.78, 5) is 46.4. The zero-order valence-corrected chi connectivity index (χ0v) is 20.0. The molecule has 3 aromatic rings. The van der Waals surface area contributed by atoms with Gasteiger partial charge in [-0.05, 0) is 51.3 Å². The minimum absolute atomic E-state index is 0.0491. The average Bonchev–Trinajstić information content (AvgIpc) is 3.42. The number of rotatable bonds is 7. The molecule has 2 unspecified atom stereocenters. The fourth-order valence-electron chi connectivity index (χ4n) is 4.21. The topological polar surface area (TPSA) is 103 Å². The molecule has 174 valence electrons. The molecule has 9 heteroatoms. The Labute approximate surface area is 195 Å². The van der Waals surface area contributed by atoms with Crippen LogP contribution in [0.3, 0.4) is 0 Å². The number of nitrogens with zero attached hydrogens (tertiary/aromatic N) is 2. The molecular formula is C24H27N3O5S. The van der Waals surface area contributed by atoms with Crippen LogP contribution in [0.1, 0.15) is 51.9 Å². The second-order valence-corrected chi connectivity index (χ2v) is 9.51. The lowest BCUT2D eigenvalue weighted by Crippen LogP contribution is -2.29. The number of ether oxygens (including phenoxy) is 2.